The first-order valence-electron chi connectivity index (χ1n) is 11.5. The summed E-state index contributed by atoms with van der Waals surface area (Å²) in [5, 5.41) is 16.3. The van der Waals surface area contributed by atoms with Gasteiger partial charge in [-0.05, 0) is 29.5 Å². The average molecular weight is 478 g/mol. The summed E-state index contributed by atoms with van der Waals surface area (Å²) < 4.78 is 0. The Kier molecular flexibility index (Phi) is 7.74. The molecule has 0 aliphatic carbocycles. The zero-order valence-corrected chi connectivity index (χ0v) is 20.6. The summed E-state index contributed by atoms with van der Waals surface area (Å²) in [4.78, 5) is 51.5. The van der Waals surface area contributed by atoms with Gasteiger partial charge < -0.3 is 20.6 Å². The molecule has 3 aromatic rings. The van der Waals surface area contributed by atoms with E-state index in [2.05, 4.69) is 10.6 Å². The lowest BCUT2D eigenvalue weighted by Gasteiger charge is -2.26. The lowest BCUT2D eigenvalue weighted by Crippen LogP contribution is -2.43. The molecular formula is C27H31N3O5. The summed E-state index contributed by atoms with van der Waals surface area (Å²) in [6, 6.07) is 13.5. The third-order valence-corrected chi connectivity index (χ3v) is 6.03. The SMILES string of the molecule is CC(C)[C@@H](Nc1c(Nc2cccc(C(=O)N(C)C)c2O)c(=O)c1=O)C(=O)C[C@H](C)c1ccccc1. The summed E-state index contributed by atoms with van der Waals surface area (Å²) in [5.74, 6) is -0.967. The van der Waals surface area contributed by atoms with Crippen LogP contribution in [0.25, 0.3) is 0 Å². The molecule has 0 radical (unpaired) electrons. The highest BCUT2D eigenvalue weighted by Crippen LogP contribution is 2.32. The van der Waals surface area contributed by atoms with Crippen LogP contribution in [-0.2, 0) is 4.79 Å². The Hall–Kier alpha value is -3.94. The number of phenols is 1. The minimum Gasteiger partial charge on any atom is -0.505 e. The molecule has 0 bridgehead atoms. The molecular weight excluding hydrogens is 446 g/mol. The maximum absolute atomic E-state index is 13.2. The molecule has 3 N–H and O–H groups in total. The van der Waals surface area contributed by atoms with E-state index in [0.717, 1.165) is 5.56 Å². The van der Waals surface area contributed by atoms with E-state index in [1.165, 1.54) is 17.0 Å². The summed E-state index contributed by atoms with van der Waals surface area (Å²) >= 11 is 0. The predicted molar refractivity (Wildman–Crippen MR) is 137 cm³/mol. The number of phenolic OH excluding ortho intramolecular Hbond substituents is 1. The van der Waals surface area contributed by atoms with Crippen LogP contribution in [0, 0.1) is 5.92 Å². The van der Waals surface area contributed by atoms with Crippen molar-refractivity contribution in [1.82, 2.24) is 4.90 Å². The number of carbonyl (C=O) groups excluding carboxylic acids is 2. The highest BCUT2D eigenvalue weighted by molar-refractivity contribution is 5.99. The van der Waals surface area contributed by atoms with Gasteiger partial charge in [-0.15, -0.1) is 0 Å². The Morgan fingerprint density at radius 2 is 1.54 bits per heavy atom. The molecule has 0 spiro atoms. The Labute approximate surface area is 204 Å². The van der Waals surface area contributed by atoms with Gasteiger partial charge in [-0.3, -0.25) is 19.2 Å². The minimum absolute atomic E-state index is 0.00171. The lowest BCUT2D eigenvalue weighted by atomic mass is 9.89. The molecule has 1 amide bonds. The number of ketones is 1. The molecule has 0 aliphatic heterocycles. The molecule has 2 atom stereocenters. The number of aromatic hydroxyl groups is 1. The van der Waals surface area contributed by atoms with Crippen LogP contribution in [0.3, 0.4) is 0 Å². The standard InChI is InChI=1S/C27H31N3O5/c1-15(2)21(20(31)14-16(3)17-10-7-6-8-11-17)29-23-22(25(33)26(23)34)28-19-13-9-12-18(24(19)32)27(35)30(4)5/h6-13,15-16,21,28-29,32H,14H2,1-5H3/t16-,21+/m0/s1. The van der Waals surface area contributed by atoms with Crippen LogP contribution in [0.1, 0.15) is 49.0 Å². The van der Waals surface area contributed by atoms with Gasteiger partial charge in [0.25, 0.3) is 16.8 Å². The number of nitrogens with one attached hydrogen (secondary N) is 2. The van der Waals surface area contributed by atoms with Crippen LogP contribution < -0.4 is 21.5 Å². The quantitative estimate of drug-likeness (QED) is 0.302. The fourth-order valence-electron chi connectivity index (χ4n) is 3.94. The molecule has 3 rings (SSSR count). The van der Waals surface area contributed by atoms with Crippen LogP contribution in [0.2, 0.25) is 0 Å². The van der Waals surface area contributed by atoms with Crippen molar-refractivity contribution in [2.24, 2.45) is 5.92 Å². The van der Waals surface area contributed by atoms with E-state index >= 15 is 0 Å². The molecule has 8 nitrogen and oxygen atoms in total. The first-order chi connectivity index (χ1) is 16.5. The second kappa shape index (κ2) is 10.5. The third kappa shape index (κ3) is 5.42. The van der Waals surface area contributed by atoms with Crippen LogP contribution in [0.15, 0.2) is 58.1 Å². The van der Waals surface area contributed by atoms with E-state index in [1.54, 1.807) is 20.2 Å². The van der Waals surface area contributed by atoms with E-state index in [-0.39, 0.29) is 52.4 Å². The van der Waals surface area contributed by atoms with Crippen LogP contribution in [-0.4, -0.2) is 41.8 Å². The second-order valence-corrected chi connectivity index (χ2v) is 9.28. The number of nitrogens with zero attached hydrogens (tertiary/aromatic N) is 1. The lowest BCUT2D eigenvalue weighted by molar-refractivity contribution is -0.120. The second-order valence-electron chi connectivity index (χ2n) is 9.28. The summed E-state index contributed by atoms with van der Waals surface area (Å²) in [6.07, 6.45) is 0.271. The van der Waals surface area contributed by atoms with Gasteiger partial charge >= 0.3 is 0 Å². The van der Waals surface area contributed by atoms with E-state index in [4.69, 9.17) is 0 Å². The van der Waals surface area contributed by atoms with Crippen LogP contribution in [0.5, 0.6) is 5.75 Å². The molecule has 0 fully saturated rings. The Morgan fingerprint density at radius 1 is 0.914 bits per heavy atom. The number of Topliss-reactive ketones (excluding diaryl/α,β-unsaturated/α-hetero) is 1. The van der Waals surface area contributed by atoms with Crippen molar-refractivity contribution in [2.45, 2.75) is 39.2 Å². The number of benzene rings is 2. The Bertz CT molecular complexity index is 1290. The smallest absolute Gasteiger partial charge is 0.257 e. The molecule has 8 heteroatoms. The first kappa shape index (κ1) is 25.7. The van der Waals surface area contributed by atoms with Crippen molar-refractivity contribution >= 4 is 28.8 Å². The zero-order valence-electron chi connectivity index (χ0n) is 20.6. The van der Waals surface area contributed by atoms with Crippen molar-refractivity contribution in [2.75, 3.05) is 24.7 Å². The summed E-state index contributed by atoms with van der Waals surface area (Å²) in [7, 11) is 3.12. The molecule has 3 aromatic carbocycles. The van der Waals surface area contributed by atoms with Gasteiger partial charge in [-0.1, -0.05) is 57.2 Å². The van der Waals surface area contributed by atoms with E-state index in [0.29, 0.717) is 0 Å². The minimum atomic E-state index is -0.760. The fraction of sp³-hybridized carbons (Fsp3) is 0.333. The highest BCUT2D eigenvalue weighted by atomic mass is 16.3. The number of hydrogen-bond acceptors (Lipinski definition) is 7. The normalized spacial score (nSPS) is 12.9. The molecule has 35 heavy (non-hydrogen) atoms. The molecule has 0 saturated heterocycles. The van der Waals surface area contributed by atoms with Gasteiger partial charge in [0.05, 0.1) is 17.3 Å². The largest absolute Gasteiger partial charge is 0.505 e. The maximum atomic E-state index is 13.2. The van der Waals surface area contributed by atoms with Crippen LogP contribution in [0.4, 0.5) is 17.1 Å². The van der Waals surface area contributed by atoms with Gasteiger partial charge in [0, 0.05) is 20.5 Å². The van der Waals surface area contributed by atoms with Crippen molar-refractivity contribution in [1.29, 1.82) is 0 Å². The van der Waals surface area contributed by atoms with Crippen molar-refractivity contribution in [3.63, 3.8) is 0 Å². The molecule has 0 heterocycles. The first-order valence-corrected chi connectivity index (χ1v) is 11.5. The third-order valence-electron chi connectivity index (χ3n) is 6.03. The van der Waals surface area contributed by atoms with Gasteiger partial charge in [0.2, 0.25) is 0 Å². The molecule has 0 aliphatic rings. The molecule has 0 saturated carbocycles. The summed E-state index contributed by atoms with van der Waals surface area (Å²) in [5.41, 5.74) is -0.336. The van der Waals surface area contributed by atoms with Gasteiger partial charge in [0.1, 0.15) is 11.4 Å². The van der Waals surface area contributed by atoms with E-state index in [9.17, 15) is 24.3 Å². The molecule has 184 valence electrons. The molecule has 0 unspecified atom stereocenters. The fourth-order valence-corrected chi connectivity index (χ4v) is 3.94. The zero-order chi connectivity index (χ0) is 25.9. The summed E-state index contributed by atoms with van der Waals surface area (Å²) in [6.45, 7) is 5.70. The topological polar surface area (TPSA) is 116 Å². The predicted octanol–water partition coefficient (Wildman–Crippen LogP) is 3.63. The van der Waals surface area contributed by atoms with Crippen molar-refractivity contribution in [3.8, 4) is 5.75 Å². The van der Waals surface area contributed by atoms with Crippen LogP contribution >= 0.6 is 0 Å². The van der Waals surface area contributed by atoms with E-state index in [1.807, 2.05) is 51.1 Å². The number of amides is 1. The number of rotatable bonds is 10. The van der Waals surface area contributed by atoms with Gasteiger partial charge in [0.15, 0.2) is 11.5 Å². The Morgan fingerprint density at radius 3 is 2.14 bits per heavy atom. The number of anilines is 3. The monoisotopic (exact) mass is 477 g/mol. The number of carbonyl (C=O) groups is 2. The van der Waals surface area contributed by atoms with Crippen molar-refractivity contribution < 1.29 is 14.7 Å². The van der Waals surface area contributed by atoms with Crippen molar-refractivity contribution in [3.05, 3.63) is 80.1 Å². The van der Waals surface area contributed by atoms with E-state index < -0.39 is 22.8 Å². The Balaban J connectivity index is 1.83. The van der Waals surface area contributed by atoms with Gasteiger partial charge in [-0.25, -0.2) is 0 Å². The maximum Gasteiger partial charge on any atom is 0.257 e. The average Bonchev–Trinajstić information content (AvgIpc) is 2.83. The number of para-hydroxylation sites is 1. The molecule has 0 aromatic heterocycles. The highest BCUT2D eigenvalue weighted by Gasteiger charge is 2.30. The number of hydrogen-bond donors (Lipinski definition) is 3. The van der Waals surface area contributed by atoms with Gasteiger partial charge in [-0.2, -0.15) is 0 Å².